The maximum Gasteiger partial charge on any atom is 0.289 e. The zero-order valence-corrected chi connectivity index (χ0v) is 10.1. The van der Waals surface area contributed by atoms with E-state index in [-0.39, 0.29) is 11.3 Å². The molecule has 20 heavy (non-hydrogen) atoms. The topological polar surface area (TPSA) is 97.6 Å². The van der Waals surface area contributed by atoms with Crippen LogP contribution in [0, 0.1) is 21.4 Å². The number of nitrogens with zero attached hydrogens (tertiary/aromatic N) is 5. The number of rotatable bonds is 2. The summed E-state index contributed by atoms with van der Waals surface area (Å²) in [4.78, 5) is 18.4. The standard InChI is InChI=1S/C13H7N5O2/c14-6-9-5-10(18(19)20)7-15-13(9)17-8-16-11-3-1-2-4-12(11)17/h1-5,7-8H. The Morgan fingerprint density at radius 3 is 2.85 bits per heavy atom. The number of pyridine rings is 1. The first-order valence-corrected chi connectivity index (χ1v) is 5.67. The minimum Gasteiger partial charge on any atom is -0.282 e. The van der Waals surface area contributed by atoms with E-state index in [1.165, 1.54) is 6.07 Å². The third-order valence-corrected chi connectivity index (χ3v) is 2.87. The monoisotopic (exact) mass is 265 g/mol. The van der Waals surface area contributed by atoms with Crippen molar-refractivity contribution in [2.24, 2.45) is 0 Å². The zero-order valence-electron chi connectivity index (χ0n) is 10.1. The zero-order chi connectivity index (χ0) is 14.1. The van der Waals surface area contributed by atoms with Gasteiger partial charge in [0, 0.05) is 6.07 Å². The van der Waals surface area contributed by atoms with Crippen molar-refractivity contribution in [2.75, 3.05) is 0 Å². The Bertz CT molecular complexity index is 863. The summed E-state index contributed by atoms with van der Waals surface area (Å²) in [5.74, 6) is 0.326. The number of nitro groups is 1. The number of benzene rings is 1. The second-order valence-electron chi connectivity index (χ2n) is 4.04. The molecule has 2 aromatic heterocycles. The van der Waals surface area contributed by atoms with Crippen LogP contribution in [0.3, 0.4) is 0 Å². The SMILES string of the molecule is N#Cc1cc([N+](=O)[O-])cnc1-n1cnc2ccccc21. The Morgan fingerprint density at radius 2 is 2.10 bits per heavy atom. The molecular weight excluding hydrogens is 258 g/mol. The van der Waals surface area contributed by atoms with Gasteiger partial charge in [0.15, 0.2) is 5.82 Å². The van der Waals surface area contributed by atoms with Gasteiger partial charge in [-0.1, -0.05) is 12.1 Å². The lowest BCUT2D eigenvalue weighted by Crippen LogP contribution is -2.01. The van der Waals surface area contributed by atoms with E-state index in [0.717, 1.165) is 17.2 Å². The van der Waals surface area contributed by atoms with E-state index in [9.17, 15) is 10.1 Å². The molecule has 0 aliphatic carbocycles. The lowest BCUT2D eigenvalue weighted by Gasteiger charge is -2.04. The number of para-hydroxylation sites is 2. The van der Waals surface area contributed by atoms with Crippen molar-refractivity contribution < 1.29 is 4.92 Å². The van der Waals surface area contributed by atoms with E-state index in [4.69, 9.17) is 5.26 Å². The second kappa shape index (κ2) is 4.44. The molecular formula is C13H7N5O2. The molecule has 0 spiro atoms. The molecule has 1 aromatic carbocycles. The fourth-order valence-electron chi connectivity index (χ4n) is 1.95. The highest BCUT2D eigenvalue weighted by Crippen LogP contribution is 2.21. The van der Waals surface area contributed by atoms with Gasteiger partial charge >= 0.3 is 0 Å². The van der Waals surface area contributed by atoms with Crippen LogP contribution in [0.25, 0.3) is 16.9 Å². The van der Waals surface area contributed by atoms with Crippen molar-refractivity contribution >= 4 is 16.7 Å². The maximum absolute atomic E-state index is 10.7. The molecule has 0 bridgehead atoms. The molecule has 0 N–H and O–H groups in total. The predicted molar refractivity (Wildman–Crippen MR) is 70.2 cm³/mol. The largest absolute Gasteiger partial charge is 0.289 e. The first kappa shape index (κ1) is 11.8. The van der Waals surface area contributed by atoms with Gasteiger partial charge in [-0.15, -0.1) is 0 Å². The quantitative estimate of drug-likeness (QED) is 0.522. The summed E-state index contributed by atoms with van der Waals surface area (Å²) in [5.41, 5.74) is 1.46. The fourth-order valence-corrected chi connectivity index (χ4v) is 1.95. The number of aromatic nitrogens is 3. The molecule has 0 saturated carbocycles. The van der Waals surface area contributed by atoms with Gasteiger partial charge in [0.2, 0.25) is 0 Å². The maximum atomic E-state index is 10.7. The predicted octanol–water partition coefficient (Wildman–Crippen LogP) is 2.20. The lowest BCUT2D eigenvalue weighted by atomic mass is 10.2. The Kier molecular flexibility index (Phi) is 2.62. The molecule has 7 heteroatoms. The summed E-state index contributed by atoms with van der Waals surface area (Å²) >= 11 is 0. The van der Waals surface area contributed by atoms with Gasteiger partial charge in [0.25, 0.3) is 5.69 Å². The van der Waals surface area contributed by atoms with Crippen LogP contribution in [0.15, 0.2) is 42.9 Å². The van der Waals surface area contributed by atoms with Crippen LogP contribution >= 0.6 is 0 Å². The summed E-state index contributed by atoms with van der Waals surface area (Å²) in [6.45, 7) is 0. The Balaban J connectivity index is 2.24. The van der Waals surface area contributed by atoms with Crippen molar-refractivity contribution in [3.8, 4) is 11.9 Å². The van der Waals surface area contributed by atoms with Gasteiger partial charge in [-0.05, 0) is 12.1 Å². The van der Waals surface area contributed by atoms with Crippen LogP contribution < -0.4 is 0 Å². The molecule has 0 aliphatic rings. The summed E-state index contributed by atoms with van der Waals surface area (Å²) in [5, 5.41) is 19.9. The molecule has 3 rings (SSSR count). The fraction of sp³-hybridized carbons (Fsp3) is 0. The van der Waals surface area contributed by atoms with E-state index >= 15 is 0 Å². The highest BCUT2D eigenvalue weighted by Gasteiger charge is 2.15. The molecule has 0 radical (unpaired) electrons. The van der Waals surface area contributed by atoms with Gasteiger partial charge in [-0.3, -0.25) is 14.7 Å². The molecule has 96 valence electrons. The van der Waals surface area contributed by atoms with Gasteiger partial charge in [0.1, 0.15) is 24.2 Å². The first-order chi connectivity index (χ1) is 9.70. The minimum atomic E-state index is -0.580. The Hall–Kier alpha value is -3.27. The summed E-state index contributed by atoms with van der Waals surface area (Å²) < 4.78 is 1.64. The van der Waals surface area contributed by atoms with E-state index in [0.29, 0.717) is 5.82 Å². The number of fused-ring (bicyclic) bond motifs is 1. The van der Waals surface area contributed by atoms with Crippen molar-refractivity contribution in [2.45, 2.75) is 0 Å². The highest BCUT2D eigenvalue weighted by molar-refractivity contribution is 5.77. The smallest absolute Gasteiger partial charge is 0.282 e. The van der Waals surface area contributed by atoms with E-state index < -0.39 is 4.92 Å². The lowest BCUT2D eigenvalue weighted by molar-refractivity contribution is -0.385. The molecule has 0 amide bonds. The average Bonchev–Trinajstić information content (AvgIpc) is 2.90. The van der Waals surface area contributed by atoms with E-state index in [1.807, 2.05) is 30.3 Å². The van der Waals surface area contributed by atoms with Gasteiger partial charge in [0.05, 0.1) is 16.0 Å². The molecule has 0 saturated heterocycles. The molecule has 2 heterocycles. The molecule has 0 aliphatic heterocycles. The molecule has 3 aromatic rings. The normalized spacial score (nSPS) is 10.3. The van der Waals surface area contributed by atoms with Crippen molar-refractivity contribution in [3.63, 3.8) is 0 Å². The summed E-state index contributed by atoms with van der Waals surface area (Å²) in [6, 6.07) is 10.5. The number of nitriles is 1. The number of hydrogen-bond donors (Lipinski definition) is 0. The van der Waals surface area contributed by atoms with Gasteiger partial charge in [-0.2, -0.15) is 5.26 Å². The van der Waals surface area contributed by atoms with Crippen LogP contribution in [0.5, 0.6) is 0 Å². The molecule has 0 fully saturated rings. The third kappa shape index (κ3) is 1.76. The van der Waals surface area contributed by atoms with Crippen molar-refractivity contribution in [1.82, 2.24) is 14.5 Å². The average molecular weight is 265 g/mol. The summed E-state index contributed by atoms with van der Waals surface area (Å²) in [6.07, 6.45) is 2.67. The van der Waals surface area contributed by atoms with Crippen LogP contribution in [-0.2, 0) is 0 Å². The number of imidazole rings is 1. The van der Waals surface area contributed by atoms with Crippen LogP contribution in [0.4, 0.5) is 5.69 Å². The van der Waals surface area contributed by atoms with E-state index in [1.54, 1.807) is 10.9 Å². The molecule has 0 unspecified atom stereocenters. The molecule has 7 nitrogen and oxygen atoms in total. The van der Waals surface area contributed by atoms with Crippen molar-refractivity contribution in [3.05, 3.63) is 58.5 Å². The molecule has 0 atom stereocenters. The third-order valence-electron chi connectivity index (χ3n) is 2.87. The van der Waals surface area contributed by atoms with Crippen LogP contribution in [0.1, 0.15) is 5.56 Å². The van der Waals surface area contributed by atoms with Gasteiger partial charge in [-0.25, -0.2) is 9.97 Å². The first-order valence-electron chi connectivity index (χ1n) is 5.67. The summed E-state index contributed by atoms with van der Waals surface area (Å²) in [7, 11) is 0. The Labute approximate surface area is 112 Å². The van der Waals surface area contributed by atoms with Crippen LogP contribution in [-0.4, -0.2) is 19.5 Å². The van der Waals surface area contributed by atoms with Crippen LogP contribution in [0.2, 0.25) is 0 Å². The number of hydrogen-bond acceptors (Lipinski definition) is 5. The van der Waals surface area contributed by atoms with Crippen molar-refractivity contribution in [1.29, 1.82) is 5.26 Å². The van der Waals surface area contributed by atoms with Gasteiger partial charge < -0.3 is 0 Å². The second-order valence-corrected chi connectivity index (χ2v) is 4.04. The minimum absolute atomic E-state index is 0.127. The van der Waals surface area contributed by atoms with E-state index in [2.05, 4.69) is 9.97 Å². The Morgan fingerprint density at radius 1 is 1.30 bits per heavy atom. The highest BCUT2D eigenvalue weighted by atomic mass is 16.6.